The van der Waals surface area contributed by atoms with Crippen molar-refractivity contribution >= 4 is 27.7 Å². The van der Waals surface area contributed by atoms with E-state index in [1.54, 1.807) is 0 Å². The number of nitrogens with one attached hydrogen (secondary N) is 1. The third-order valence-corrected chi connectivity index (χ3v) is 6.67. The second-order valence-electron chi connectivity index (χ2n) is 8.06. The highest BCUT2D eigenvalue weighted by Crippen LogP contribution is 2.50. The van der Waals surface area contributed by atoms with E-state index >= 15 is 0 Å². The van der Waals surface area contributed by atoms with Gasteiger partial charge < -0.3 is 15.0 Å². The molecule has 3 aliphatic rings. The number of para-hydroxylation sites is 1. The van der Waals surface area contributed by atoms with E-state index in [9.17, 15) is 9.90 Å². The van der Waals surface area contributed by atoms with Crippen molar-refractivity contribution in [3.8, 4) is 0 Å². The fourth-order valence-corrected chi connectivity index (χ4v) is 5.61. The Bertz CT molecular complexity index is 1210. The van der Waals surface area contributed by atoms with Crippen LogP contribution in [0, 0.1) is 5.92 Å². The van der Waals surface area contributed by atoms with E-state index in [-0.39, 0.29) is 18.4 Å². The standard InChI is InChI=1S/C24H22N2O2/c27-11-5-10-26-19-9-4-3-8-16(19)21-18-13-25-24(28)22(18)20-15-7-2-1-6-14(15)12-17(20)23(21)26/h1-4,6-9,14-15,27H,5,10-13H2,(H,25,28). The predicted molar refractivity (Wildman–Crippen MR) is 111 cm³/mol. The van der Waals surface area contributed by atoms with Gasteiger partial charge in [0.2, 0.25) is 0 Å². The minimum absolute atomic E-state index is 0.0731. The Kier molecular flexibility index (Phi) is 3.36. The third-order valence-electron chi connectivity index (χ3n) is 6.67. The number of benzene rings is 2. The molecule has 0 bridgehead atoms. The van der Waals surface area contributed by atoms with Gasteiger partial charge in [-0.3, -0.25) is 4.79 Å². The van der Waals surface area contributed by atoms with Gasteiger partial charge in [-0.25, -0.2) is 0 Å². The maximum absolute atomic E-state index is 12.9. The number of hydrogen-bond donors (Lipinski definition) is 2. The summed E-state index contributed by atoms with van der Waals surface area (Å²) in [4.78, 5) is 12.9. The van der Waals surface area contributed by atoms with Gasteiger partial charge in [-0.05, 0) is 41.5 Å². The first-order valence-electron chi connectivity index (χ1n) is 10.1. The number of hydrogen-bond acceptors (Lipinski definition) is 2. The van der Waals surface area contributed by atoms with Gasteiger partial charge in [-0.15, -0.1) is 0 Å². The van der Waals surface area contributed by atoms with Gasteiger partial charge in [-0.2, -0.15) is 0 Å². The van der Waals surface area contributed by atoms with Crippen LogP contribution in [-0.2, 0) is 19.5 Å². The first-order valence-corrected chi connectivity index (χ1v) is 10.1. The van der Waals surface area contributed by atoms with E-state index in [1.807, 2.05) is 0 Å². The number of carbonyl (C=O) groups is 1. The molecule has 2 aromatic carbocycles. The lowest BCUT2D eigenvalue weighted by atomic mass is 9.85. The van der Waals surface area contributed by atoms with Crippen LogP contribution < -0.4 is 5.32 Å². The zero-order valence-electron chi connectivity index (χ0n) is 15.6. The summed E-state index contributed by atoms with van der Waals surface area (Å²) >= 11 is 0. The van der Waals surface area contributed by atoms with Crippen molar-refractivity contribution < 1.29 is 9.90 Å². The summed E-state index contributed by atoms with van der Waals surface area (Å²) < 4.78 is 2.38. The van der Waals surface area contributed by atoms with Crippen molar-refractivity contribution in [1.29, 1.82) is 0 Å². The molecule has 3 aromatic rings. The molecule has 2 aliphatic carbocycles. The zero-order valence-corrected chi connectivity index (χ0v) is 15.6. The topological polar surface area (TPSA) is 54.3 Å². The fraction of sp³-hybridized carbons (Fsp3) is 0.292. The van der Waals surface area contributed by atoms with Crippen LogP contribution in [0.25, 0.3) is 21.8 Å². The monoisotopic (exact) mass is 370 g/mol. The second-order valence-corrected chi connectivity index (χ2v) is 8.06. The molecule has 140 valence electrons. The average Bonchev–Trinajstić information content (AvgIpc) is 3.38. The molecule has 0 fully saturated rings. The number of carbonyl (C=O) groups excluding carboxylic acids is 1. The molecule has 1 aromatic heterocycles. The summed E-state index contributed by atoms with van der Waals surface area (Å²) in [6.45, 7) is 1.56. The largest absolute Gasteiger partial charge is 0.396 e. The first kappa shape index (κ1) is 16.1. The van der Waals surface area contributed by atoms with E-state index < -0.39 is 0 Å². The Morgan fingerprint density at radius 3 is 2.89 bits per heavy atom. The number of aliphatic hydroxyl groups is 1. The maximum atomic E-state index is 12.9. The van der Waals surface area contributed by atoms with Gasteiger partial charge in [0.15, 0.2) is 0 Å². The Morgan fingerprint density at radius 2 is 2.00 bits per heavy atom. The Hall–Kier alpha value is -2.85. The highest BCUT2D eigenvalue weighted by molar-refractivity contribution is 6.16. The number of aromatic nitrogens is 1. The van der Waals surface area contributed by atoms with E-state index in [0.29, 0.717) is 12.5 Å². The smallest absolute Gasteiger partial charge is 0.252 e. The summed E-state index contributed by atoms with van der Waals surface area (Å²) in [5.41, 5.74) is 7.10. The molecule has 1 amide bonds. The van der Waals surface area contributed by atoms with Crippen molar-refractivity contribution in [3.05, 3.63) is 70.8 Å². The lowest BCUT2D eigenvalue weighted by Gasteiger charge is -2.18. The zero-order chi connectivity index (χ0) is 18.8. The molecule has 0 saturated heterocycles. The minimum Gasteiger partial charge on any atom is -0.396 e. The summed E-state index contributed by atoms with van der Waals surface area (Å²) in [7, 11) is 0. The van der Waals surface area contributed by atoms with Gasteiger partial charge in [0.1, 0.15) is 0 Å². The van der Waals surface area contributed by atoms with Gasteiger partial charge in [0, 0.05) is 47.5 Å². The molecule has 2 atom stereocenters. The van der Waals surface area contributed by atoms with Crippen molar-refractivity contribution in [2.75, 3.05) is 6.61 Å². The quantitative estimate of drug-likeness (QED) is 0.737. The Morgan fingerprint density at radius 1 is 1.14 bits per heavy atom. The van der Waals surface area contributed by atoms with Crippen molar-refractivity contribution in [3.63, 3.8) is 0 Å². The molecule has 1 aliphatic heterocycles. The molecule has 4 heteroatoms. The SMILES string of the molecule is O=C1NCc2c1c1c(c3c2c2ccccc2n3CCCO)CC2C=CC=CC12. The molecule has 2 unspecified atom stereocenters. The highest BCUT2D eigenvalue weighted by Gasteiger charge is 2.40. The molecule has 4 nitrogen and oxygen atoms in total. The number of aryl methyl sites for hydroxylation is 1. The molecule has 2 N–H and O–H groups in total. The molecule has 0 saturated carbocycles. The number of rotatable bonds is 3. The summed E-state index contributed by atoms with van der Waals surface area (Å²) in [6, 6.07) is 8.49. The predicted octanol–water partition coefficient (Wildman–Crippen LogP) is 3.80. The first-order chi connectivity index (χ1) is 13.8. The lowest BCUT2D eigenvalue weighted by molar-refractivity contribution is 0.0964. The Labute approximate surface area is 163 Å². The molecular weight excluding hydrogens is 348 g/mol. The molecule has 2 heterocycles. The molecule has 6 rings (SSSR count). The summed E-state index contributed by atoms with van der Waals surface area (Å²) in [5.74, 6) is 0.780. The average molecular weight is 370 g/mol. The van der Waals surface area contributed by atoms with Gasteiger partial charge in [-0.1, -0.05) is 42.5 Å². The summed E-state index contributed by atoms with van der Waals surface area (Å²) in [5, 5.41) is 15.0. The number of fused-ring (bicyclic) bond motifs is 10. The maximum Gasteiger partial charge on any atom is 0.252 e. The molecule has 0 radical (unpaired) electrons. The van der Waals surface area contributed by atoms with Crippen LogP contribution in [0.2, 0.25) is 0 Å². The van der Waals surface area contributed by atoms with Crippen LogP contribution in [0.1, 0.15) is 39.4 Å². The van der Waals surface area contributed by atoms with E-state index in [2.05, 4.69) is 58.5 Å². The molecule has 28 heavy (non-hydrogen) atoms. The van der Waals surface area contributed by atoms with Crippen LogP contribution in [0.3, 0.4) is 0 Å². The minimum atomic E-state index is 0.0731. The van der Waals surface area contributed by atoms with Crippen LogP contribution in [0.15, 0.2) is 48.6 Å². The van der Waals surface area contributed by atoms with Crippen LogP contribution in [-0.4, -0.2) is 22.2 Å². The number of nitrogens with zero attached hydrogens (tertiary/aromatic N) is 1. The number of amides is 1. The molecule has 0 spiro atoms. The van der Waals surface area contributed by atoms with E-state index in [1.165, 1.54) is 32.9 Å². The lowest BCUT2D eigenvalue weighted by Crippen LogP contribution is -2.15. The van der Waals surface area contributed by atoms with Crippen molar-refractivity contribution in [1.82, 2.24) is 9.88 Å². The highest BCUT2D eigenvalue weighted by atomic mass is 16.3. The van der Waals surface area contributed by atoms with Crippen LogP contribution in [0.4, 0.5) is 0 Å². The Balaban J connectivity index is 1.79. The summed E-state index contributed by atoms with van der Waals surface area (Å²) in [6.07, 6.45) is 10.5. The van der Waals surface area contributed by atoms with E-state index in [4.69, 9.17) is 0 Å². The van der Waals surface area contributed by atoms with Crippen molar-refractivity contribution in [2.24, 2.45) is 5.92 Å². The fourth-order valence-electron chi connectivity index (χ4n) is 5.61. The third kappa shape index (κ3) is 1.96. The van der Waals surface area contributed by atoms with E-state index in [0.717, 1.165) is 30.5 Å². The molecular formula is C24H22N2O2. The van der Waals surface area contributed by atoms with Crippen molar-refractivity contribution in [2.45, 2.75) is 31.8 Å². The van der Waals surface area contributed by atoms with Crippen LogP contribution >= 0.6 is 0 Å². The van der Waals surface area contributed by atoms with Gasteiger partial charge >= 0.3 is 0 Å². The van der Waals surface area contributed by atoms with Crippen LogP contribution in [0.5, 0.6) is 0 Å². The number of aliphatic hydroxyl groups excluding tert-OH is 1. The number of allylic oxidation sites excluding steroid dienone is 4. The van der Waals surface area contributed by atoms with Gasteiger partial charge in [0.05, 0.1) is 5.52 Å². The second kappa shape index (κ2) is 5.82. The normalized spacial score (nSPS) is 22.0. The van der Waals surface area contributed by atoms with Gasteiger partial charge in [0.25, 0.3) is 5.91 Å².